The van der Waals surface area contributed by atoms with Crippen LogP contribution in [0.1, 0.15) is 25.7 Å². The van der Waals surface area contributed by atoms with Gasteiger partial charge in [-0.25, -0.2) is 0 Å². The second-order valence-corrected chi connectivity index (χ2v) is 5.97. The van der Waals surface area contributed by atoms with Gasteiger partial charge in [-0.05, 0) is 36.5 Å². The Balaban J connectivity index is 1.70. The highest BCUT2D eigenvalue weighted by Crippen LogP contribution is 2.29. The molecule has 1 aliphatic carbocycles. The Morgan fingerprint density at radius 2 is 2.50 bits per heavy atom. The highest BCUT2D eigenvalue weighted by molar-refractivity contribution is 8.01. The van der Waals surface area contributed by atoms with Gasteiger partial charge in [0.1, 0.15) is 5.78 Å². The molecule has 2 rings (SSSR count). The number of hydrogen-bond acceptors (Lipinski definition) is 3. The molecule has 1 aromatic heterocycles. The quantitative estimate of drug-likeness (QED) is 0.730. The van der Waals surface area contributed by atoms with Crippen LogP contribution in [0.4, 0.5) is 0 Å². The molecule has 0 bridgehead atoms. The van der Waals surface area contributed by atoms with Crippen molar-refractivity contribution in [1.29, 1.82) is 0 Å². The van der Waals surface area contributed by atoms with Crippen LogP contribution < -0.4 is 0 Å². The summed E-state index contributed by atoms with van der Waals surface area (Å²) in [7, 11) is 0. The fourth-order valence-electron chi connectivity index (χ4n) is 1.84. The minimum atomic E-state index is 0.377. The van der Waals surface area contributed by atoms with E-state index >= 15 is 0 Å². The maximum atomic E-state index is 11.4. The molecule has 0 amide bonds. The number of thiophene rings is 1. The minimum Gasteiger partial charge on any atom is -0.299 e. The summed E-state index contributed by atoms with van der Waals surface area (Å²) in [6.07, 6.45) is 4.15. The summed E-state index contributed by atoms with van der Waals surface area (Å²) in [5.41, 5.74) is 0. The molecule has 0 aromatic carbocycles. The highest BCUT2D eigenvalue weighted by Gasteiger charge is 2.23. The molecule has 0 saturated heterocycles. The fourth-order valence-corrected chi connectivity index (χ4v) is 3.76. The number of rotatable bonds is 4. The SMILES string of the molecule is O=C1CCCC1CCSc1cccs1. The highest BCUT2D eigenvalue weighted by atomic mass is 32.2. The van der Waals surface area contributed by atoms with Crippen molar-refractivity contribution >= 4 is 28.9 Å². The Labute approximate surface area is 92.9 Å². The van der Waals surface area contributed by atoms with E-state index in [2.05, 4.69) is 17.5 Å². The predicted octanol–water partition coefficient (Wildman–Crippen LogP) is 3.60. The topological polar surface area (TPSA) is 17.1 Å². The van der Waals surface area contributed by atoms with Crippen LogP contribution in [0.5, 0.6) is 0 Å². The number of carbonyl (C=O) groups excluding carboxylic acids is 1. The minimum absolute atomic E-state index is 0.377. The maximum absolute atomic E-state index is 11.4. The summed E-state index contributed by atoms with van der Waals surface area (Å²) in [6, 6.07) is 4.22. The van der Waals surface area contributed by atoms with Gasteiger partial charge < -0.3 is 0 Å². The molecule has 1 unspecified atom stereocenters. The van der Waals surface area contributed by atoms with E-state index in [1.807, 2.05) is 11.8 Å². The third-order valence-electron chi connectivity index (χ3n) is 2.64. The molecule has 0 N–H and O–H groups in total. The Morgan fingerprint density at radius 3 is 3.14 bits per heavy atom. The fraction of sp³-hybridized carbons (Fsp3) is 0.545. The van der Waals surface area contributed by atoms with Gasteiger partial charge >= 0.3 is 0 Å². The monoisotopic (exact) mass is 226 g/mol. The zero-order valence-electron chi connectivity index (χ0n) is 8.07. The van der Waals surface area contributed by atoms with Crippen molar-refractivity contribution in [2.24, 2.45) is 5.92 Å². The third-order valence-corrected chi connectivity index (χ3v) is 4.80. The summed E-state index contributed by atoms with van der Waals surface area (Å²) in [5.74, 6) is 1.97. The van der Waals surface area contributed by atoms with Crippen LogP contribution in [0, 0.1) is 5.92 Å². The van der Waals surface area contributed by atoms with E-state index in [4.69, 9.17) is 0 Å². The smallest absolute Gasteiger partial charge is 0.136 e. The third kappa shape index (κ3) is 2.61. The second kappa shape index (κ2) is 4.99. The average molecular weight is 226 g/mol. The lowest BCUT2D eigenvalue weighted by Crippen LogP contribution is -2.06. The maximum Gasteiger partial charge on any atom is 0.136 e. The molecule has 0 aliphatic heterocycles. The van der Waals surface area contributed by atoms with E-state index in [1.165, 1.54) is 4.21 Å². The molecule has 1 nitrogen and oxygen atoms in total. The van der Waals surface area contributed by atoms with Gasteiger partial charge in [0, 0.05) is 12.3 Å². The number of Topliss-reactive ketones (excluding diaryl/α,β-unsaturated/α-hetero) is 1. The van der Waals surface area contributed by atoms with Gasteiger partial charge in [0.2, 0.25) is 0 Å². The van der Waals surface area contributed by atoms with Gasteiger partial charge in [-0.3, -0.25) is 4.79 Å². The van der Waals surface area contributed by atoms with Gasteiger partial charge in [0.25, 0.3) is 0 Å². The summed E-state index contributed by atoms with van der Waals surface area (Å²) < 4.78 is 1.37. The number of thioether (sulfide) groups is 1. The van der Waals surface area contributed by atoms with Crippen molar-refractivity contribution in [3.8, 4) is 0 Å². The van der Waals surface area contributed by atoms with Gasteiger partial charge in [-0.15, -0.1) is 23.1 Å². The second-order valence-electron chi connectivity index (χ2n) is 3.62. The first-order valence-corrected chi connectivity index (χ1v) is 6.92. The largest absolute Gasteiger partial charge is 0.299 e. The van der Waals surface area contributed by atoms with Crippen molar-refractivity contribution in [3.05, 3.63) is 17.5 Å². The molecule has 3 heteroatoms. The summed E-state index contributed by atoms with van der Waals surface area (Å²) in [5, 5.41) is 2.10. The molecule has 0 spiro atoms. The standard InChI is InChI=1S/C11H14OS2/c12-10-4-1-3-9(10)6-8-14-11-5-2-7-13-11/h2,5,7,9H,1,3-4,6,8H2. The molecule has 1 aliphatic rings. The first-order valence-electron chi connectivity index (χ1n) is 5.05. The van der Waals surface area contributed by atoms with Gasteiger partial charge in [-0.2, -0.15) is 0 Å². The lowest BCUT2D eigenvalue weighted by Gasteiger charge is -2.05. The van der Waals surface area contributed by atoms with Crippen LogP contribution in [0.25, 0.3) is 0 Å². The van der Waals surface area contributed by atoms with Crippen molar-refractivity contribution in [1.82, 2.24) is 0 Å². The summed E-state index contributed by atoms with van der Waals surface area (Å²) in [6.45, 7) is 0. The van der Waals surface area contributed by atoms with E-state index in [1.54, 1.807) is 11.3 Å². The number of carbonyl (C=O) groups is 1. The predicted molar refractivity (Wildman–Crippen MR) is 62.0 cm³/mol. The van der Waals surface area contributed by atoms with Crippen molar-refractivity contribution in [2.45, 2.75) is 29.9 Å². The Kier molecular flexibility index (Phi) is 3.65. The summed E-state index contributed by atoms with van der Waals surface area (Å²) in [4.78, 5) is 11.4. The zero-order chi connectivity index (χ0) is 9.80. The van der Waals surface area contributed by atoms with Crippen LogP contribution in [0.15, 0.2) is 21.7 Å². The van der Waals surface area contributed by atoms with Crippen molar-refractivity contribution in [3.63, 3.8) is 0 Å². The van der Waals surface area contributed by atoms with E-state index in [0.717, 1.165) is 31.4 Å². The lowest BCUT2D eigenvalue weighted by atomic mass is 10.1. The van der Waals surface area contributed by atoms with E-state index in [-0.39, 0.29) is 0 Å². The van der Waals surface area contributed by atoms with Crippen LogP contribution in [0.3, 0.4) is 0 Å². The van der Waals surface area contributed by atoms with Crippen LogP contribution in [0.2, 0.25) is 0 Å². The molecule has 76 valence electrons. The lowest BCUT2D eigenvalue weighted by molar-refractivity contribution is -0.120. The first-order chi connectivity index (χ1) is 6.86. The van der Waals surface area contributed by atoms with Gasteiger partial charge in [-0.1, -0.05) is 6.07 Å². The molecular formula is C11H14OS2. The average Bonchev–Trinajstić information content (AvgIpc) is 2.78. The van der Waals surface area contributed by atoms with E-state index in [9.17, 15) is 4.79 Å². The number of ketones is 1. The van der Waals surface area contributed by atoms with E-state index in [0.29, 0.717) is 11.7 Å². The van der Waals surface area contributed by atoms with Crippen LogP contribution in [-0.2, 0) is 4.79 Å². The van der Waals surface area contributed by atoms with Gasteiger partial charge in [0.15, 0.2) is 0 Å². The normalized spacial score (nSPS) is 21.7. The Bertz CT molecular complexity index is 292. The molecule has 1 aromatic rings. The molecule has 1 atom stereocenters. The molecular weight excluding hydrogens is 212 g/mol. The molecule has 14 heavy (non-hydrogen) atoms. The molecule has 1 fully saturated rings. The molecule has 1 heterocycles. The van der Waals surface area contributed by atoms with Gasteiger partial charge in [0.05, 0.1) is 4.21 Å². The summed E-state index contributed by atoms with van der Waals surface area (Å²) >= 11 is 3.67. The van der Waals surface area contributed by atoms with Crippen LogP contribution >= 0.6 is 23.1 Å². The molecule has 0 radical (unpaired) electrons. The zero-order valence-corrected chi connectivity index (χ0v) is 9.70. The Morgan fingerprint density at radius 1 is 1.57 bits per heavy atom. The van der Waals surface area contributed by atoms with E-state index < -0.39 is 0 Å². The van der Waals surface area contributed by atoms with Crippen molar-refractivity contribution < 1.29 is 4.79 Å². The Hall–Kier alpha value is -0.280. The van der Waals surface area contributed by atoms with Crippen LogP contribution in [-0.4, -0.2) is 11.5 Å². The van der Waals surface area contributed by atoms with Crippen molar-refractivity contribution in [2.75, 3.05) is 5.75 Å². The number of hydrogen-bond donors (Lipinski definition) is 0. The first kappa shape index (κ1) is 10.2. The molecule has 1 saturated carbocycles.